The zero-order chi connectivity index (χ0) is 13.8. The first-order valence-corrected chi connectivity index (χ1v) is 7.22. The van der Waals surface area contributed by atoms with E-state index in [4.69, 9.17) is 4.74 Å². The number of nitrogens with one attached hydrogen (secondary N) is 2. The van der Waals surface area contributed by atoms with Crippen LogP contribution < -0.4 is 15.4 Å². The summed E-state index contributed by atoms with van der Waals surface area (Å²) in [4.78, 5) is 12.4. The molecular weight excluding hydrogens is 288 g/mol. The van der Waals surface area contributed by atoms with Gasteiger partial charge in [-0.05, 0) is 25.5 Å². The normalized spacial score (nSPS) is 20.4. The number of hydrogen-bond donors (Lipinski definition) is 2. The molecule has 1 aromatic carbocycles. The van der Waals surface area contributed by atoms with E-state index in [1.165, 1.54) is 5.57 Å². The van der Waals surface area contributed by atoms with Gasteiger partial charge >= 0.3 is 0 Å². The topological polar surface area (TPSA) is 50.4 Å². The van der Waals surface area contributed by atoms with Gasteiger partial charge in [0, 0.05) is 18.7 Å². The second-order valence-electron chi connectivity index (χ2n) is 5.26. The highest BCUT2D eigenvalue weighted by Gasteiger charge is 2.27. The molecule has 0 saturated heterocycles. The van der Waals surface area contributed by atoms with Crippen LogP contribution in [0.4, 0.5) is 0 Å². The molecule has 4 nitrogen and oxygen atoms in total. The van der Waals surface area contributed by atoms with E-state index in [9.17, 15) is 4.79 Å². The lowest BCUT2D eigenvalue weighted by Crippen LogP contribution is -2.35. The first-order valence-electron chi connectivity index (χ1n) is 7.22. The monoisotopic (exact) mass is 308 g/mol. The molecule has 0 aliphatic carbocycles. The lowest BCUT2D eigenvalue weighted by Gasteiger charge is -2.25. The average Bonchev–Trinajstić information content (AvgIpc) is 2.53. The molecule has 5 heteroatoms. The maximum atomic E-state index is 12.4. The number of benzene rings is 1. The predicted octanol–water partition coefficient (Wildman–Crippen LogP) is 2.01. The van der Waals surface area contributed by atoms with Gasteiger partial charge in [-0.2, -0.15) is 0 Å². The number of hydrogen-bond acceptors (Lipinski definition) is 3. The molecule has 1 unspecified atom stereocenters. The van der Waals surface area contributed by atoms with Crippen molar-refractivity contribution in [3.63, 3.8) is 0 Å². The van der Waals surface area contributed by atoms with Crippen LogP contribution in [0.25, 0.3) is 0 Å². The third kappa shape index (κ3) is 3.77. The number of halogens is 1. The molecule has 114 valence electrons. The van der Waals surface area contributed by atoms with Crippen LogP contribution in [0, 0.1) is 0 Å². The van der Waals surface area contributed by atoms with E-state index < -0.39 is 0 Å². The Bertz CT molecular complexity index is 531. The van der Waals surface area contributed by atoms with Crippen molar-refractivity contribution in [3.05, 3.63) is 41.5 Å². The molecule has 0 bridgehead atoms. The first kappa shape index (κ1) is 15.9. The second-order valence-corrected chi connectivity index (χ2v) is 5.26. The number of rotatable bonds is 3. The Morgan fingerprint density at radius 3 is 3.05 bits per heavy atom. The number of amides is 1. The van der Waals surface area contributed by atoms with Gasteiger partial charge in [0.1, 0.15) is 5.75 Å². The highest BCUT2D eigenvalue weighted by Crippen LogP contribution is 2.33. The molecule has 3 rings (SSSR count). The van der Waals surface area contributed by atoms with E-state index in [0.717, 1.165) is 37.2 Å². The molecule has 2 aliphatic heterocycles. The standard InChI is InChI=1S/C16H20N2O2.ClH/c19-16(18-11-12-5-8-17-9-6-12)14-7-10-20-15-4-2-1-3-13(14)15;/h1-5,14,17H,6-11H2,(H,18,19);1H. The molecule has 1 aromatic rings. The van der Waals surface area contributed by atoms with E-state index >= 15 is 0 Å². The Balaban J connectivity index is 0.00000161. The van der Waals surface area contributed by atoms with Crippen molar-refractivity contribution in [1.82, 2.24) is 10.6 Å². The van der Waals surface area contributed by atoms with Crippen LogP contribution in [0.5, 0.6) is 5.75 Å². The molecule has 2 heterocycles. The van der Waals surface area contributed by atoms with E-state index in [2.05, 4.69) is 16.7 Å². The van der Waals surface area contributed by atoms with Crippen molar-refractivity contribution < 1.29 is 9.53 Å². The van der Waals surface area contributed by atoms with Gasteiger partial charge < -0.3 is 15.4 Å². The van der Waals surface area contributed by atoms with Crippen molar-refractivity contribution in [2.45, 2.75) is 18.8 Å². The minimum atomic E-state index is -0.0812. The maximum absolute atomic E-state index is 12.4. The van der Waals surface area contributed by atoms with E-state index in [1.54, 1.807) is 0 Å². The summed E-state index contributed by atoms with van der Waals surface area (Å²) >= 11 is 0. The summed E-state index contributed by atoms with van der Waals surface area (Å²) < 4.78 is 5.60. The third-order valence-corrected chi connectivity index (χ3v) is 3.92. The highest BCUT2D eigenvalue weighted by atomic mass is 35.5. The van der Waals surface area contributed by atoms with Gasteiger partial charge in [0.25, 0.3) is 0 Å². The van der Waals surface area contributed by atoms with Crippen LogP contribution >= 0.6 is 12.4 Å². The van der Waals surface area contributed by atoms with Gasteiger partial charge in [-0.3, -0.25) is 4.79 Å². The zero-order valence-corrected chi connectivity index (χ0v) is 12.7. The minimum Gasteiger partial charge on any atom is -0.493 e. The molecular formula is C16H21ClN2O2. The zero-order valence-electron chi connectivity index (χ0n) is 11.9. The minimum absolute atomic E-state index is 0. The SMILES string of the molecule is Cl.O=C(NCC1=CCNCC1)C1CCOc2ccccc21. The molecule has 0 radical (unpaired) electrons. The van der Waals surface area contributed by atoms with Crippen molar-refractivity contribution in [2.75, 3.05) is 26.2 Å². The van der Waals surface area contributed by atoms with Crippen LogP contribution in [-0.4, -0.2) is 32.1 Å². The quantitative estimate of drug-likeness (QED) is 0.840. The third-order valence-electron chi connectivity index (χ3n) is 3.92. The first-order chi connectivity index (χ1) is 9.84. The van der Waals surface area contributed by atoms with Gasteiger partial charge in [0.05, 0.1) is 12.5 Å². The van der Waals surface area contributed by atoms with Gasteiger partial charge in [-0.15, -0.1) is 12.4 Å². The Labute approximate surface area is 131 Å². The summed E-state index contributed by atoms with van der Waals surface area (Å²) in [5.74, 6) is 0.877. The predicted molar refractivity (Wildman–Crippen MR) is 85.1 cm³/mol. The number of carbonyl (C=O) groups excluding carboxylic acids is 1. The average molecular weight is 309 g/mol. The summed E-state index contributed by atoms with van der Waals surface area (Å²) in [6, 6.07) is 7.83. The van der Waals surface area contributed by atoms with Crippen LogP contribution in [0.15, 0.2) is 35.9 Å². The fourth-order valence-electron chi connectivity index (χ4n) is 2.77. The van der Waals surface area contributed by atoms with Crippen LogP contribution in [0.3, 0.4) is 0 Å². The Kier molecular flexibility index (Phi) is 5.65. The number of para-hydroxylation sites is 1. The molecule has 0 saturated carbocycles. The van der Waals surface area contributed by atoms with E-state index in [-0.39, 0.29) is 24.2 Å². The molecule has 21 heavy (non-hydrogen) atoms. The summed E-state index contributed by atoms with van der Waals surface area (Å²) in [5, 5.41) is 6.35. The maximum Gasteiger partial charge on any atom is 0.228 e. The molecule has 0 fully saturated rings. The van der Waals surface area contributed by atoms with Crippen molar-refractivity contribution in [3.8, 4) is 5.75 Å². The van der Waals surface area contributed by atoms with Crippen LogP contribution in [0.2, 0.25) is 0 Å². The molecule has 0 aromatic heterocycles. The second kappa shape index (κ2) is 7.48. The van der Waals surface area contributed by atoms with Crippen molar-refractivity contribution in [2.24, 2.45) is 0 Å². The Morgan fingerprint density at radius 2 is 2.24 bits per heavy atom. The summed E-state index contributed by atoms with van der Waals surface area (Å²) in [7, 11) is 0. The van der Waals surface area contributed by atoms with E-state index in [0.29, 0.717) is 13.2 Å². The fraction of sp³-hybridized carbons (Fsp3) is 0.438. The molecule has 2 N–H and O–H groups in total. The number of ether oxygens (including phenoxy) is 1. The van der Waals surface area contributed by atoms with Gasteiger partial charge in [-0.25, -0.2) is 0 Å². The molecule has 2 aliphatic rings. The highest BCUT2D eigenvalue weighted by molar-refractivity contribution is 5.85. The fourth-order valence-corrected chi connectivity index (χ4v) is 2.77. The number of carbonyl (C=O) groups is 1. The van der Waals surface area contributed by atoms with Gasteiger partial charge in [0.15, 0.2) is 0 Å². The van der Waals surface area contributed by atoms with Crippen molar-refractivity contribution in [1.29, 1.82) is 0 Å². The van der Waals surface area contributed by atoms with Crippen LogP contribution in [-0.2, 0) is 4.79 Å². The summed E-state index contributed by atoms with van der Waals surface area (Å²) in [5.41, 5.74) is 2.33. The molecule has 1 atom stereocenters. The van der Waals surface area contributed by atoms with Gasteiger partial charge in [-0.1, -0.05) is 29.8 Å². The lowest BCUT2D eigenvalue weighted by molar-refractivity contribution is -0.123. The number of fused-ring (bicyclic) bond motifs is 1. The Morgan fingerprint density at radius 1 is 1.38 bits per heavy atom. The van der Waals surface area contributed by atoms with Gasteiger partial charge in [0.2, 0.25) is 5.91 Å². The molecule has 0 spiro atoms. The van der Waals surface area contributed by atoms with E-state index in [1.807, 2.05) is 24.3 Å². The smallest absolute Gasteiger partial charge is 0.228 e. The largest absolute Gasteiger partial charge is 0.493 e. The van der Waals surface area contributed by atoms with Crippen molar-refractivity contribution >= 4 is 18.3 Å². The Hall–Kier alpha value is -1.52. The summed E-state index contributed by atoms with van der Waals surface area (Å²) in [6.07, 6.45) is 3.94. The lowest BCUT2D eigenvalue weighted by atomic mass is 9.92. The summed E-state index contributed by atoms with van der Waals surface area (Å²) in [6.45, 7) is 3.19. The van der Waals surface area contributed by atoms with Crippen LogP contribution in [0.1, 0.15) is 24.3 Å². The molecule has 1 amide bonds.